The van der Waals surface area contributed by atoms with Gasteiger partial charge in [-0.2, -0.15) is 0 Å². The van der Waals surface area contributed by atoms with Crippen molar-refractivity contribution >= 4 is 29.2 Å². The zero-order valence-electron chi connectivity index (χ0n) is 10.1. The summed E-state index contributed by atoms with van der Waals surface area (Å²) in [5, 5.41) is 9.63. The second kappa shape index (κ2) is 6.07. The van der Waals surface area contributed by atoms with E-state index in [0.29, 0.717) is 5.02 Å². The van der Waals surface area contributed by atoms with Crippen LogP contribution in [0.25, 0.3) is 0 Å². The minimum absolute atomic E-state index is 0.0443. The number of aliphatic carboxylic acids is 1. The Labute approximate surface area is 124 Å². The number of hydrogen-bond acceptors (Lipinski definition) is 3. The van der Waals surface area contributed by atoms with E-state index in [2.05, 4.69) is 9.97 Å². The van der Waals surface area contributed by atoms with Crippen LogP contribution in [0.4, 0.5) is 0 Å². The number of benzene rings is 1. The molecular weight excluding hydrogens is 303 g/mol. The number of aromatic amines is 1. The van der Waals surface area contributed by atoms with Crippen LogP contribution in [0.3, 0.4) is 0 Å². The summed E-state index contributed by atoms with van der Waals surface area (Å²) in [5.74, 6) is -2.12. The minimum Gasteiger partial charge on any atom is -0.481 e. The molecule has 104 valence electrons. The van der Waals surface area contributed by atoms with Gasteiger partial charge in [0.05, 0.1) is 12.0 Å². The van der Waals surface area contributed by atoms with Crippen molar-refractivity contribution in [2.24, 2.45) is 0 Å². The first kappa shape index (κ1) is 14.6. The van der Waals surface area contributed by atoms with E-state index >= 15 is 0 Å². The van der Waals surface area contributed by atoms with E-state index < -0.39 is 17.4 Å². The van der Waals surface area contributed by atoms with E-state index in [1.807, 2.05) is 0 Å². The van der Waals surface area contributed by atoms with Gasteiger partial charge in [0.25, 0.3) is 5.56 Å². The summed E-state index contributed by atoms with van der Waals surface area (Å²) in [5.41, 5.74) is 0.208. The number of rotatable bonds is 4. The molecule has 0 spiro atoms. The minimum atomic E-state index is -1.11. The van der Waals surface area contributed by atoms with Gasteiger partial charge < -0.3 is 10.1 Å². The van der Waals surface area contributed by atoms with Gasteiger partial charge in [-0.1, -0.05) is 35.3 Å². The highest BCUT2D eigenvalue weighted by molar-refractivity contribution is 6.31. The van der Waals surface area contributed by atoms with Crippen LogP contribution in [-0.2, 0) is 11.2 Å². The highest BCUT2D eigenvalue weighted by atomic mass is 35.5. The van der Waals surface area contributed by atoms with Crippen LogP contribution in [0.1, 0.15) is 17.2 Å². The normalized spacial score (nSPS) is 12.1. The first-order chi connectivity index (χ1) is 9.49. The Balaban J connectivity index is 2.40. The van der Waals surface area contributed by atoms with Gasteiger partial charge in [0.1, 0.15) is 10.9 Å². The SMILES string of the molecule is O=C(O)C(Cc1cccc(Cl)c1)c1nc[nH]c(=O)c1Cl. The summed E-state index contributed by atoms with van der Waals surface area (Å²) < 4.78 is 0. The average Bonchev–Trinajstić information content (AvgIpc) is 2.39. The summed E-state index contributed by atoms with van der Waals surface area (Å²) in [6.07, 6.45) is 1.28. The summed E-state index contributed by atoms with van der Waals surface area (Å²) in [7, 11) is 0. The molecule has 0 amide bonds. The predicted octanol–water partition coefficient (Wildman–Crippen LogP) is 2.49. The lowest BCUT2D eigenvalue weighted by atomic mass is 9.96. The zero-order valence-corrected chi connectivity index (χ0v) is 11.6. The molecule has 20 heavy (non-hydrogen) atoms. The van der Waals surface area contributed by atoms with Gasteiger partial charge in [-0.25, -0.2) is 4.98 Å². The maximum absolute atomic E-state index is 11.4. The van der Waals surface area contributed by atoms with Crippen molar-refractivity contribution in [1.29, 1.82) is 0 Å². The molecule has 0 fully saturated rings. The molecule has 0 bridgehead atoms. The lowest BCUT2D eigenvalue weighted by molar-refractivity contribution is -0.138. The largest absolute Gasteiger partial charge is 0.481 e. The summed E-state index contributed by atoms with van der Waals surface area (Å²) in [6, 6.07) is 6.84. The van der Waals surface area contributed by atoms with Crippen LogP contribution in [0.5, 0.6) is 0 Å². The third-order valence-electron chi connectivity index (χ3n) is 2.78. The zero-order chi connectivity index (χ0) is 14.7. The molecule has 2 N–H and O–H groups in total. The lowest BCUT2D eigenvalue weighted by Crippen LogP contribution is -2.20. The number of carboxylic acid groups (broad SMARTS) is 1. The van der Waals surface area contributed by atoms with Crippen molar-refractivity contribution in [1.82, 2.24) is 9.97 Å². The van der Waals surface area contributed by atoms with Crippen LogP contribution >= 0.6 is 23.2 Å². The smallest absolute Gasteiger partial charge is 0.312 e. The Kier molecular flexibility index (Phi) is 4.42. The maximum atomic E-state index is 11.4. The third kappa shape index (κ3) is 3.18. The fourth-order valence-electron chi connectivity index (χ4n) is 1.84. The van der Waals surface area contributed by atoms with E-state index in [1.165, 1.54) is 0 Å². The fraction of sp³-hybridized carbons (Fsp3) is 0.154. The van der Waals surface area contributed by atoms with Crippen LogP contribution in [0.15, 0.2) is 35.4 Å². The predicted molar refractivity (Wildman–Crippen MR) is 75.4 cm³/mol. The molecule has 1 atom stereocenters. The van der Waals surface area contributed by atoms with E-state index in [-0.39, 0.29) is 17.1 Å². The molecule has 0 aliphatic heterocycles. The van der Waals surface area contributed by atoms with Crippen LogP contribution < -0.4 is 5.56 Å². The number of halogens is 2. The Morgan fingerprint density at radius 3 is 2.80 bits per heavy atom. The number of aromatic nitrogens is 2. The monoisotopic (exact) mass is 312 g/mol. The van der Waals surface area contributed by atoms with Gasteiger partial charge >= 0.3 is 5.97 Å². The van der Waals surface area contributed by atoms with Crippen LogP contribution in [0.2, 0.25) is 10.0 Å². The van der Waals surface area contributed by atoms with Crippen molar-refractivity contribution in [2.45, 2.75) is 12.3 Å². The lowest BCUT2D eigenvalue weighted by Gasteiger charge is -2.12. The van der Waals surface area contributed by atoms with Gasteiger partial charge in [-0.3, -0.25) is 9.59 Å². The molecule has 0 saturated carbocycles. The van der Waals surface area contributed by atoms with Crippen LogP contribution in [0, 0.1) is 0 Å². The third-order valence-corrected chi connectivity index (χ3v) is 3.38. The highest BCUT2D eigenvalue weighted by Crippen LogP contribution is 2.24. The number of nitrogens with one attached hydrogen (secondary N) is 1. The Hall–Kier alpha value is -1.85. The first-order valence-electron chi connectivity index (χ1n) is 5.69. The van der Waals surface area contributed by atoms with Crippen molar-refractivity contribution in [3.8, 4) is 0 Å². The molecule has 2 aromatic rings. The molecule has 1 aromatic heterocycles. The van der Waals surface area contributed by atoms with Crippen molar-refractivity contribution < 1.29 is 9.90 Å². The summed E-state index contributed by atoms with van der Waals surface area (Å²) in [6.45, 7) is 0. The molecule has 5 nitrogen and oxygen atoms in total. The molecule has 2 rings (SSSR count). The van der Waals surface area contributed by atoms with Gasteiger partial charge in [-0.05, 0) is 24.1 Å². The van der Waals surface area contributed by atoms with Gasteiger partial charge in [0.2, 0.25) is 0 Å². The van der Waals surface area contributed by atoms with Crippen LogP contribution in [-0.4, -0.2) is 21.0 Å². The topological polar surface area (TPSA) is 83.0 Å². The Morgan fingerprint density at radius 2 is 2.15 bits per heavy atom. The van der Waals surface area contributed by atoms with Crippen molar-refractivity contribution in [3.63, 3.8) is 0 Å². The van der Waals surface area contributed by atoms with Gasteiger partial charge in [0.15, 0.2) is 0 Å². The fourth-order valence-corrected chi connectivity index (χ4v) is 2.29. The van der Waals surface area contributed by atoms with E-state index in [1.54, 1.807) is 24.3 Å². The average molecular weight is 313 g/mol. The Bertz CT molecular complexity index is 700. The van der Waals surface area contributed by atoms with Crippen molar-refractivity contribution in [2.75, 3.05) is 0 Å². The van der Waals surface area contributed by atoms with E-state index in [0.717, 1.165) is 11.9 Å². The number of carboxylic acids is 1. The molecule has 0 saturated heterocycles. The molecule has 0 aliphatic carbocycles. The highest BCUT2D eigenvalue weighted by Gasteiger charge is 2.25. The number of carbonyl (C=O) groups is 1. The van der Waals surface area contributed by atoms with E-state index in [4.69, 9.17) is 23.2 Å². The Morgan fingerprint density at radius 1 is 1.40 bits per heavy atom. The second-order valence-electron chi connectivity index (χ2n) is 4.16. The van der Waals surface area contributed by atoms with E-state index in [9.17, 15) is 14.7 Å². The number of H-pyrrole nitrogens is 1. The molecule has 7 heteroatoms. The van der Waals surface area contributed by atoms with Gasteiger partial charge in [0, 0.05) is 5.02 Å². The molecule has 1 aromatic carbocycles. The first-order valence-corrected chi connectivity index (χ1v) is 6.45. The molecular formula is C13H10Cl2N2O3. The molecule has 0 aliphatic rings. The molecule has 0 radical (unpaired) electrons. The molecule has 1 unspecified atom stereocenters. The maximum Gasteiger partial charge on any atom is 0.312 e. The quantitative estimate of drug-likeness (QED) is 0.908. The summed E-state index contributed by atoms with van der Waals surface area (Å²) in [4.78, 5) is 29.0. The number of nitrogens with zero attached hydrogens (tertiary/aromatic N) is 1. The standard InChI is InChI=1S/C13H10Cl2N2O3/c14-8-3-1-2-7(4-8)5-9(13(19)20)11-10(15)12(18)17-6-16-11/h1-4,6,9H,5H2,(H,19,20)(H,16,17,18). The number of hydrogen-bond donors (Lipinski definition) is 2. The van der Waals surface area contributed by atoms with Crippen molar-refractivity contribution in [3.05, 3.63) is 62.2 Å². The second-order valence-corrected chi connectivity index (χ2v) is 4.97. The summed E-state index contributed by atoms with van der Waals surface area (Å²) >= 11 is 11.7. The molecule has 1 heterocycles. The van der Waals surface area contributed by atoms with Gasteiger partial charge in [-0.15, -0.1) is 0 Å².